The molecule has 2 rings (SSSR count). The molecule has 0 atom stereocenters. The van der Waals surface area contributed by atoms with Crippen molar-refractivity contribution >= 4 is 22.4 Å². The monoisotopic (exact) mass is 362 g/mol. The van der Waals surface area contributed by atoms with Crippen LogP contribution in [-0.2, 0) is 10.0 Å². The van der Waals surface area contributed by atoms with E-state index in [9.17, 15) is 8.42 Å². The summed E-state index contributed by atoms with van der Waals surface area (Å²) in [6, 6.07) is 5.51. The predicted octanol–water partition coefficient (Wildman–Crippen LogP) is 2.58. The standard InChI is InChI=1S/C16H26N2O3S.ClH/c1-12(2)21-16-6-5-15(11-13(16)3)22(19,20)18-9-7-14(17-4)8-10-18;/h5-6,11-12,14,17H,7-10H2,1-4H3;1H. The van der Waals surface area contributed by atoms with Gasteiger partial charge in [0.15, 0.2) is 0 Å². The number of nitrogens with one attached hydrogen (secondary N) is 1. The van der Waals surface area contributed by atoms with E-state index < -0.39 is 10.0 Å². The molecule has 0 amide bonds. The van der Waals surface area contributed by atoms with Crippen LogP contribution in [-0.4, -0.2) is 45.0 Å². The van der Waals surface area contributed by atoms with Crippen molar-refractivity contribution in [2.24, 2.45) is 0 Å². The van der Waals surface area contributed by atoms with Gasteiger partial charge in [-0.2, -0.15) is 4.31 Å². The number of rotatable bonds is 5. The summed E-state index contributed by atoms with van der Waals surface area (Å²) in [5.41, 5.74) is 0.847. The van der Waals surface area contributed by atoms with Crippen molar-refractivity contribution in [2.45, 2.75) is 50.7 Å². The number of ether oxygens (including phenoxy) is 1. The Labute approximate surface area is 145 Å². The molecule has 1 heterocycles. The summed E-state index contributed by atoms with van der Waals surface area (Å²) in [6.07, 6.45) is 1.77. The van der Waals surface area contributed by atoms with Gasteiger partial charge in [0.05, 0.1) is 11.0 Å². The predicted molar refractivity (Wildman–Crippen MR) is 95.0 cm³/mol. The van der Waals surface area contributed by atoms with Crippen molar-refractivity contribution in [1.29, 1.82) is 0 Å². The van der Waals surface area contributed by atoms with E-state index in [1.54, 1.807) is 22.5 Å². The van der Waals surface area contributed by atoms with E-state index in [2.05, 4.69) is 5.32 Å². The van der Waals surface area contributed by atoms with Gasteiger partial charge in [-0.3, -0.25) is 0 Å². The number of nitrogens with zero attached hydrogens (tertiary/aromatic N) is 1. The van der Waals surface area contributed by atoms with Gasteiger partial charge in [-0.1, -0.05) is 0 Å². The van der Waals surface area contributed by atoms with Gasteiger partial charge in [-0.15, -0.1) is 12.4 Å². The van der Waals surface area contributed by atoms with Crippen molar-refractivity contribution in [3.63, 3.8) is 0 Å². The van der Waals surface area contributed by atoms with Crippen LogP contribution in [0.2, 0.25) is 0 Å². The lowest BCUT2D eigenvalue weighted by atomic mass is 10.1. The topological polar surface area (TPSA) is 58.6 Å². The molecular formula is C16H27ClN2O3S. The zero-order chi connectivity index (χ0) is 16.3. The molecule has 0 spiro atoms. The van der Waals surface area contributed by atoms with E-state index in [1.807, 2.05) is 27.8 Å². The summed E-state index contributed by atoms with van der Waals surface area (Å²) >= 11 is 0. The van der Waals surface area contributed by atoms with Gasteiger partial charge >= 0.3 is 0 Å². The van der Waals surface area contributed by atoms with Gasteiger partial charge in [0.1, 0.15) is 5.75 Å². The molecule has 1 aliphatic heterocycles. The fourth-order valence-electron chi connectivity index (χ4n) is 2.70. The molecule has 0 saturated carbocycles. The highest BCUT2D eigenvalue weighted by atomic mass is 35.5. The third kappa shape index (κ3) is 4.83. The first-order valence-electron chi connectivity index (χ1n) is 7.79. The molecular weight excluding hydrogens is 336 g/mol. The molecule has 0 aliphatic carbocycles. The normalized spacial score (nSPS) is 17.1. The molecule has 23 heavy (non-hydrogen) atoms. The van der Waals surface area contributed by atoms with Gasteiger partial charge in [0.2, 0.25) is 10.0 Å². The Kier molecular flexibility index (Phi) is 7.32. The van der Waals surface area contributed by atoms with Crippen molar-refractivity contribution in [1.82, 2.24) is 9.62 Å². The molecule has 1 aromatic carbocycles. The second-order valence-corrected chi connectivity index (χ2v) is 8.00. The number of sulfonamides is 1. The van der Waals surface area contributed by atoms with Crippen LogP contribution < -0.4 is 10.1 Å². The molecule has 132 valence electrons. The highest BCUT2D eigenvalue weighted by Crippen LogP contribution is 2.26. The average molecular weight is 363 g/mol. The summed E-state index contributed by atoms with van der Waals surface area (Å²) in [6.45, 7) is 6.92. The first-order chi connectivity index (χ1) is 10.3. The van der Waals surface area contributed by atoms with Crippen molar-refractivity contribution in [3.05, 3.63) is 23.8 Å². The lowest BCUT2D eigenvalue weighted by Gasteiger charge is -2.31. The van der Waals surface area contributed by atoms with Gasteiger partial charge in [-0.05, 0) is 64.4 Å². The van der Waals surface area contributed by atoms with Gasteiger partial charge < -0.3 is 10.1 Å². The van der Waals surface area contributed by atoms with Gasteiger partial charge in [0, 0.05) is 19.1 Å². The summed E-state index contributed by atoms with van der Waals surface area (Å²) in [7, 11) is -1.49. The maximum Gasteiger partial charge on any atom is 0.243 e. The average Bonchev–Trinajstić information content (AvgIpc) is 2.49. The Morgan fingerprint density at radius 1 is 1.26 bits per heavy atom. The molecule has 0 unspecified atom stereocenters. The van der Waals surface area contributed by atoms with Crippen LogP contribution >= 0.6 is 12.4 Å². The quantitative estimate of drug-likeness (QED) is 0.874. The molecule has 1 aliphatic rings. The number of benzene rings is 1. The molecule has 1 N–H and O–H groups in total. The molecule has 0 aromatic heterocycles. The zero-order valence-corrected chi connectivity index (χ0v) is 15.8. The molecule has 0 bridgehead atoms. The smallest absolute Gasteiger partial charge is 0.243 e. The largest absolute Gasteiger partial charge is 0.491 e. The van der Waals surface area contributed by atoms with Crippen LogP contribution in [0.15, 0.2) is 23.1 Å². The molecule has 5 nitrogen and oxygen atoms in total. The van der Waals surface area contributed by atoms with Crippen LogP contribution in [0.3, 0.4) is 0 Å². The molecule has 1 aromatic rings. The van der Waals surface area contributed by atoms with Crippen LogP contribution in [0.4, 0.5) is 0 Å². The fourth-order valence-corrected chi connectivity index (χ4v) is 4.26. The maximum absolute atomic E-state index is 12.7. The number of aryl methyl sites for hydroxylation is 1. The Morgan fingerprint density at radius 2 is 1.87 bits per heavy atom. The number of piperidine rings is 1. The van der Waals surface area contributed by atoms with E-state index in [4.69, 9.17) is 4.74 Å². The molecule has 1 saturated heterocycles. The minimum absolute atomic E-state index is 0. The number of hydrogen-bond donors (Lipinski definition) is 1. The second kappa shape index (κ2) is 8.33. The van der Waals surface area contributed by atoms with Crippen LogP contribution in [0, 0.1) is 6.92 Å². The summed E-state index contributed by atoms with van der Waals surface area (Å²) in [5, 5.41) is 3.21. The highest BCUT2D eigenvalue weighted by molar-refractivity contribution is 7.89. The van der Waals surface area contributed by atoms with E-state index in [0.29, 0.717) is 24.0 Å². The highest BCUT2D eigenvalue weighted by Gasteiger charge is 2.29. The zero-order valence-electron chi connectivity index (χ0n) is 14.2. The Hall–Kier alpha value is -0.820. The lowest BCUT2D eigenvalue weighted by Crippen LogP contribution is -2.43. The lowest BCUT2D eigenvalue weighted by molar-refractivity contribution is 0.240. The summed E-state index contributed by atoms with van der Waals surface area (Å²) < 4.78 is 32.7. The third-order valence-corrected chi connectivity index (χ3v) is 5.90. The maximum atomic E-state index is 12.7. The first kappa shape index (κ1) is 20.2. The van der Waals surface area contributed by atoms with Crippen molar-refractivity contribution < 1.29 is 13.2 Å². The molecule has 7 heteroatoms. The first-order valence-corrected chi connectivity index (χ1v) is 9.23. The summed E-state index contributed by atoms with van der Waals surface area (Å²) in [4.78, 5) is 0.351. The fraction of sp³-hybridized carbons (Fsp3) is 0.625. The molecule has 0 radical (unpaired) electrons. The van der Waals surface area contributed by atoms with Crippen LogP contribution in [0.25, 0.3) is 0 Å². The van der Waals surface area contributed by atoms with E-state index >= 15 is 0 Å². The summed E-state index contributed by atoms with van der Waals surface area (Å²) in [5.74, 6) is 0.739. The minimum Gasteiger partial charge on any atom is -0.491 e. The Bertz CT molecular complexity index is 612. The number of halogens is 1. The SMILES string of the molecule is CNC1CCN(S(=O)(=O)c2ccc(OC(C)C)c(C)c2)CC1.Cl. The van der Waals surface area contributed by atoms with Crippen molar-refractivity contribution in [2.75, 3.05) is 20.1 Å². The number of hydrogen-bond acceptors (Lipinski definition) is 4. The Morgan fingerprint density at radius 3 is 2.35 bits per heavy atom. The van der Waals surface area contributed by atoms with Crippen LogP contribution in [0.5, 0.6) is 5.75 Å². The van der Waals surface area contributed by atoms with Crippen LogP contribution in [0.1, 0.15) is 32.3 Å². The second-order valence-electron chi connectivity index (χ2n) is 6.06. The van der Waals surface area contributed by atoms with E-state index in [-0.39, 0.29) is 18.5 Å². The Balaban J connectivity index is 0.00000264. The van der Waals surface area contributed by atoms with Gasteiger partial charge in [0.25, 0.3) is 0 Å². The molecule has 1 fully saturated rings. The third-order valence-electron chi connectivity index (χ3n) is 4.01. The van der Waals surface area contributed by atoms with E-state index in [1.165, 1.54) is 0 Å². The van der Waals surface area contributed by atoms with Crippen molar-refractivity contribution in [3.8, 4) is 5.75 Å². The van der Waals surface area contributed by atoms with Gasteiger partial charge in [-0.25, -0.2) is 8.42 Å². The van der Waals surface area contributed by atoms with E-state index in [0.717, 1.165) is 24.2 Å². The minimum atomic E-state index is -3.41.